The summed E-state index contributed by atoms with van der Waals surface area (Å²) in [5.41, 5.74) is 0. The van der Waals surface area contributed by atoms with Crippen LogP contribution >= 0.6 is 0 Å². The van der Waals surface area contributed by atoms with Crippen LogP contribution in [0.3, 0.4) is 0 Å². The van der Waals surface area contributed by atoms with Crippen molar-refractivity contribution in [2.45, 2.75) is 6.42 Å². The van der Waals surface area contributed by atoms with Gasteiger partial charge in [0.15, 0.2) is 11.6 Å². The highest BCUT2D eigenvalue weighted by Gasteiger charge is 2.43. The fourth-order valence-electron chi connectivity index (χ4n) is 2.19. The van der Waals surface area contributed by atoms with Crippen LogP contribution in [-0.2, 0) is 14.4 Å². The number of aliphatic carboxylic acids is 1. The third kappa shape index (κ3) is 1.52. The molecule has 0 bridgehead atoms. The van der Waals surface area contributed by atoms with E-state index in [2.05, 4.69) is 0 Å². The summed E-state index contributed by atoms with van der Waals surface area (Å²) < 4.78 is 0. The molecule has 2 aliphatic rings. The molecule has 0 saturated heterocycles. The number of fused-ring (bicyclic) bond motifs is 1. The fraction of sp³-hybridized carbons (Fsp3) is 0.364. The quantitative estimate of drug-likeness (QED) is 0.637. The van der Waals surface area contributed by atoms with Gasteiger partial charge in [-0.05, 0) is 18.6 Å². The molecule has 4 heteroatoms. The van der Waals surface area contributed by atoms with E-state index in [1.54, 1.807) is 6.08 Å². The molecule has 0 amide bonds. The molecular formula is C11H10O4. The van der Waals surface area contributed by atoms with Crippen LogP contribution in [0.5, 0.6) is 0 Å². The Kier molecular flexibility index (Phi) is 2.26. The Hall–Kier alpha value is -1.71. The smallest absolute Gasteiger partial charge is 0.311 e. The van der Waals surface area contributed by atoms with Crippen LogP contribution in [0.15, 0.2) is 24.3 Å². The van der Waals surface area contributed by atoms with Gasteiger partial charge in [0.05, 0.1) is 5.92 Å². The maximum Gasteiger partial charge on any atom is 0.311 e. The molecule has 1 N–H and O–H groups in total. The average Bonchev–Trinajstić information content (AvgIpc) is 2.23. The molecule has 3 atom stereocenters. The van der Waals surface area contributed by atoms with Gasteiger partial charge >= 0.3 is 5.97 Å². The van der Waals surface area contributed by atoms with E-state index in [0.717, 1.165) is 0 Å². The molecule has 0 aromatic carbocycles. The molecule has 0 aliphatic heterocycles. The van der Waals surface area contributed by atoms with Crippen molar-refractivity contribution in [1.29, 1.82) is 0 Å². The van der Waals surface area contributed by atoms with E-state index >= 15 is 0 Å². The largest absolute Gasteiger partial charge is 0.481 e. The molecule has 15 heavy (non-hydrogen) atoms. The minimum atomic E-state index is -1.04. The first-order valence-electron chi connectivity index (χ1n) is 4.76. The first-order chi connectivity index (χ1) is 7.11. The van der Waals surface area contributed by atoms with E-state index < -0.39 is 23.7 Å². The molecule has 0 fully saturated rings. The van der Waals surface area contributed by atoms with Gasteiger partial charge in [-0.3, -0.25) is 14.4 Å². The molecule has 78 valence electrons. The molecule has 0 heterocycles. The lowest BCUT2D eigenvalue weighted by molar-refractivity contribution is -0.146. The SMILES string of the molecule is O=C1C=CC(=O)[C@H]2CC=C[C@@H](C(=O)O)[C@@H]12. The van der Waals surface area contributed by atoms with Crippen molar-refractivity contribution < 1.29 is 19.5 Å². The summed E-state index contributed by atoms with van der Waals surface area (Å²) in [5, 5.41) is 8.94. The normalized spacial score (nSPS) is 34.0. The van der Waals surface area contributed by atoms with Gasteiger partial charge in [-0.15, -0.1) is 0 Å². The van der Waals surface area contributed by atoms with Crippen LogP contribution in [-0.4, -0.2) is 22.6 Å². The van der Waals surface area contributed by atoms with Crippen molar-refractivity contribution in [2.24, 2.45) is 17.8 Å². The number of rotatable bonds is 1. The number of carboxylic acids is 1. The van der Waals surface area contributed by atoms with Crippen LogP contribution in [0.25, 0.3) is 0 Å². The van der Waals surface area contributed by atoms with E-state index in [0.29, 0.717) is 6.42 Å². The number of carboxylic acid groups (broad SMARTS) is 1. The van der Waals surface area contributed by atoms with Crippen molar-refractivity contribution in [3.8, 4) is 0 Å². The molecular weight excluding hydrogens is 196 g/mol. The maximum atomic E-state index is 11.6. The maximum absolute atomic E-state index is 11.6. The first kappa shape index (κ1) is 9.83. The zero-order chi connectivity index (χ0) is 11.0. The molecule has 2 aliphatic carbocycles. The molecule has 0 aromatic rings. The number of hydrogen-bond acceptors (Lipinski definition) is 3. The molecule has 0 unspecified atom stereocenters. The Morgan fingerprint density at radius 1 is 1.27 bits per heavy atom. The highest BCUT2D eigenvalue weighted by molar-refractivity contribution is 6.08. The van der Waals surface area contributed by atoms with Crippen molar-refractivity contribution >= 4 is 17.5 Å². The van der Waals surface area contributed by atoms with Crippen LogP contribution in [0.2, 0.25) is 0 Å². The summed E-state index contributed by atoms with van der Waals surface area (Å²) in [6.07, 6.45) is 6.08. The average molecular weight is 206 g/mol. The molecule has 0 aromatic heterocycles. The Labute approximate surface area is 86.3 Å². The fourth-order valence-corrected chi connectivity index (χ4v) is 2.19. The van der Waals surface area contributed by atoms with Gasteiger partial charge in [0.25, 0.3) is 0 Å². The third-order valence-electron chi connectivity index (χ3n) is 2.94. The van der Waals surface area contributed by atoms with E-state index in [1.807, 2.05) is 0 Å². The second-order valence-electron chi connectivity index (χ2n) is 3.80. The lowest BCUT2D eigenvalue weighted by atomic mass is 9.69. The minimum absolute atomic E-state index is 0.143. The topological polar surface area (TPSA) is 71.4 Å². The van der Waals surface area contributed by atoms with Gasteiger partial charge in [0.1, 0.15) is 0 Å². The summed E-state index contributed by atoms with van der Waals surface area (Å²) in [5.74, 6) is -3.48. The molecule has 4 nitrogen and oxygen atoms in total. The predicted molar refractivity (Wildman–Crippen MR) is 51.0 cm³/mol. The van der Waals surface area contributed by atoms with E-state index in [4.69, 9.17) is 5.11 Å². The summed E-state index contributed by atoms with van der Waals surface area (Å²) in [7, 11) is 0. The Morgan fingerprint density at radius 2 is 1.93 bits per heavy atom. The summed E-state index contributed by atoms with van der Waals surface area (Å²) in [4.78, 5) is 34.0. The number of carbonyl (C=O) groups is 3. The molecule has 0 spiro atoms. The first-order valence-corrected chi connectivity index (χ1v) is 4.76. The number of allylic oxidation sites excluding steroid dienone is 3. The van der Waals surface area contributed by atoms with Gasteiger partial charge in [-0.2, -0.15) is 0 Å². The monoisotopic (exact) mass is 206 g/mol. The van der Waals surface area contributed by atoms with E-state index in [1.165, 1.54) is 18.2 Å². The van der Waals surface area contributed by atoms with Gasteiger partial charge in [-0.1, -0.05) is 12.2 Å². The predicted octanol–water partition coefficient (Wildman–Crippen LogP) is 0.587. The number of hydrogen-bond donors (Lipinski definition) is 1. The van der Waals surface area contributed by atoms with Gasteiger partial charge in [-0.25, -0.2) is 0 Å². The molecule has 2 rings (SSSR count). The number of carbonyl (C=O) groups excluding carboxylic acids is 2. The summed E-state index contributed by atoms with van der Waals surface area (Å²) >= 11 is 0. The van der Waals surface area contributed by atoms with E-state index in [-0.39, 0.29) is 11.6 Å². The van der Waals surface area contributed by atoms with Gasteiger partial charge in [0.2, 0.25) is 0 Å². The van der Waals surface area contributed by atoms with Gasteiger partial charge < -0.3 is 5.11 Å². The lowest BCUT2D eigenvalue weighted by Crippen LogP contribution is -2.41. The number of ketones is 2. The summed E-state index contributed by atoms with van der Waals surface area (Å²) in [6.45, 7) is 0. The van der Waals surface area contributed by atoms with E-state index in [9.17, 15) is 14.4 Å². The standard InChI is InChI=1S/C11H10O4/c12-8-4-5-9(13)10-6(8)2-1-3-7(10)11(14)15/h1,3-7,10H,2H2,(H,14,15)/t6-,7-,10+/m1/s1. The second-order valence-corrected chi connectivity index (χ2v) is 3.80. The zero-order valence-corrected chi connectivity index (χ0v) is 7.92. The van der Waals surface area contributed by atoms with Gasteiger partial charge in [0, 0.05) is 11.8 Å². The lowest BCUT2D eigenvalue weighted by Gasteiger charge is -2.31. The molecule has 0 saturated carbocycles. The van der Waals surface area contributed by atoms with Crippen LogP contribution in [0.1, 0.15) is 6.42 Å². The van der Waals surface area contributed by atoms with Crippen LogP contribution in [0.4, 0.5) is 0 Å². The minimum Gasteiger partial charge on any atom is -0.481 e. The Bertz CT molecular complexity index is 391. The van der Waals surface area contributed by atoms with Crippen molar-refractivity contribution in [3.63, 3.8) is 0 Å². The zero-order valence-electron chi connectivity index (χ0n) is 7.92. The highest BCUT2D eigenvalue weighted by Crippen LogP contribution is 2.34. The summed E-state index contributed by atoms with van der Waals surface area (Å²) in [6, 6.07) is 0. The third-order valence-corrected chi connectivity index (χ3v) is 2.94. The second kappa shape index (κ2) is 3.46. The Morgan fingerprint density at radius 3 is 2.60 bits per heavy atom. The van der Waals surface area contributed by atoms with Crippen LogP contribution < -0.4 is 0 Å². The van der Waals surface area contributed by atoms with Crippen molar-refractivity contribution in [2.75, 3.05) is 0 Å². The van der Waals surface area contributed by atoms with Crippen LogP contribution in [0, 0.1) is 17.8 Å². The van der Waals surface area contributed by atoms with Crippen molar-refractivity contribution in [1.82, 2.24) is 0 Å². The van der Waals surface area contributed by atoms with Crippen molar-refractivity contribution in [3.05, 3.63) is 24.3 Å². The Balaban J connectivity index is 2.40. The highest BCUT2D eigenvalue weighted by atomic mass is 16.4. The molecule has 0 radical (unpaired) electrons.